The fraction of sp³-hybridized carbons (Fsp3) is 0.692. The lowest BCUT2D eigenvalue weighted by Gasteiger charge is -2.17. The predicted molar refractivity (Wildman–Crippen MR) is 86.6 cm³/mol. The quantitative estimate of drug-likeness (QED) is 0.703. The summed E-state index contributed by atoms with van der Waals surface area (Å²) >= 11 is 1.75. The number of hydrogen-bond donors (Lipinski definition) is 3. The van der Waals surface area contributed by atoms with Crippen molar-refractivity contribution < 1.29 is 0 Å². The Morgan fingerprint density at radius 1 is 1.35 bits per heavy atom. The molecule has 0 fully saturated rings. The highest BCUT2D eigenvalue weighted by Crippen LogP contribution is 2.13. The third kappa shape index (κ3) is 4.33. The highest BCUT2D eigenvalue weighted by atomic mass is 32.2. The molecule has 114 valence electrons. The monoisotopic (exact) mass is 300 g/mol. The molecule has 1 aromatic rings. The molecule has 20 heavy (non-hydrogen) atoms. The molecule has 1 heterocycles. The van der Waals surface area contributed by atoms with Crippen LogP contribution < -0.4 is 22.3 Å². The first kappa shape index (κ1) is 16.7. The Kier molecular flexibility index (Phi) is 6.19. The number of nitrogen functional groups attached to an aromatic ring is 1. The summed E-state index contributed by atoms with van der Waals surface area (Å²) in [7, 11) is 0. The summed E-state index contributed by atoms with van der Waals surface area (Å²) in [6.07, 6.45) is 2.04. The first-order valence-corrected chi connectivity index (χ1v) is 8.11. The van der Waals surface area contributed by atoms with Crippen molar-refractivity contribution in [3.8, 4) is 0 Å². The van der Waals surface area contributed by atoms with Crippen molar-refractivity contribution in [2.24, 2.45) is 11.8 Å². The Labute approximate surface area is 123 Å². The van der Waals surface area contributed by atoms with Gasteiger partial charge in [0.25, 0.3) is 5.56 Å². The van der Waals surface area contributed by atoms with Gasteiger partial charge in [0.1, 0.15) is 11.5 Å². The number of rotatable bonds is 7. The number of nitrogens with one attached hydrogen (secondary N) is 2. The van der Waals surface area contributed by atoms with Crippen LogP contribution in [0.1, 0.15) is 20.8 Å². The Hall–Kier alpha value is -1.37. The molecule has 0 saturated heterocycles. The Bertz CT molecular complexity index is 550. The molecule has 7 heteroatoms. The molecule has 0 radical (unpaired) electrons. The van der Waals surface area contributed by atoms with Crippen molar-refractivity contribution in [2.45, 2.75) is 27.3 Å². The van der Waals surface area contributed by atoms with Crippen LogP contribution in [0, 0.1) is 11.8 Å². The maximum absolute atomic E-state index is 11.9. The van der Waals surface area contributed by atoms with E-state index in [1.165, 1.54) is 4.57 Å². The molecular formula is C13H24N4O2S. The molecule has 6 nitrogen and oxygen atoms in total. The van der Waals surface area contributed by atoms with E-state index in [2.05, 4.69) is 17.2 Å². The number of hydrogen-bond acceptors (Lipinski definition) is 5. The molecule has 4 N–H and O–H groups in total. The van der Waals surface area contributed by atoms with Crippen LogP contribution in [0.5, 0.6) is 0 Å². The normalized spacial score (nSPS) is 12.7. The predicted octanol–water partition coefficient (Wildman–Crippen LogP) is 1.19. The fourth-order valence-corrected chi connectivity index (χ4v) is 2.61. The summed E-state index contributed by atoms with van der Waals surface area (Å²) < 4.78 is 1.41. The van der Waals surface area contributed by atoms with Gasteiger partial charge in [0.15, 0.2) is 0 Å². The minimum absolute atomic E-state index is 0.212. The van der Waals surface area contributed by atoms with Crippen LogP contribution in [0.3, 0.4) is 0 Å². The molecule has 0 saturated carbocycles. The Morgan fingerprint density at radius 2 is 2.00 bits per heavy atom. The first-order valence-electron chi connectivity index (χ1n) is 6.72. The topological polar surface area (TPSA) is 92.9 Å². The zero-order valence-corrected chi connectivity index (χ0v) is 13.3. The molecule has 0 amide bonds. The van der Waals surface area contributed by atoms with E-state index in [9.17, 15) is 9.59 Å². The standard InChI is InChI=1S/C13H24N4O2S/c1-8(2)6-17-11(14)10(12(18)16-13(17)19)15-5-9(3)7-20-4/h8-9,15H,5-7,14H2,1-4H3,(H,16,18,19). The number of nitrogens with zero attached hydrogens (tertiary/aromatic N) is 1. The number of anilines is 2. The second kappa shape index (κ2) is 7.42. The largest absolute Gasteiger partial charge is 0.383 e. The van der Waals surface area contributed by atoms with E-state index in [1.807, 2.05) is 20.1 Å². The third-order valence-electron chi connectivity index (χ3n) is 2.87. The summed E-state index contributed by atoms with van der Waals surface area (Å²) in [6, 6.07) is 0. The highest BCUT2D eigenvalue weighted by molar-refractivity contribution is 7.98. The van der Waals surface area contributed by atoms with E-state index < -0.39 is 11.2 Å². The molecule has 1 unspecified atom stereocenters. The van der Waals surface area contributed by atoms with Crippen LogP contribution >= 0.6 is 11.8 Å². The summed E-state index contributed by atoms with van der Waals surface area (Å²) in [4.78, 5) is 26.0. The molecule has 1 rings (SSSR count). The maximum Gasteiger partial charge on any atom is 0.330 e. The third-order valence-corrected chi connectivity index (χ3v) is 3.77. The van der Waals surface area contributed by atoms with Gasteiger partial charge in [0.05, 0.1) is 0 Å². The van der Waals surface area contributed by atoms with Gasteiger partial charge >= 0.3 is 5.69 Å². The van der Waals surface area contributed by atoms with Gasteiger partial charge in [-0.25, -0.2) is 4.79 Å². The van der Waals surface area contributed by atoms with Gasteiger partial charge in [-0.2, -0.15) is 11.8 Å². The van der Waals surface area contributed by atoms with Crippen LogP contribution in [-0.2, 0) is 6.54 Å². The maximum atomic E-state index is 11.9. The van der Waals surface area contributed by atoms with E-state index >= 15 is 0 Å². The number of aromatic amines is 1. The van der Waals surface area contributed by atoms with Gasteiger partial charge in [-0.1, -0.05) is 20.8 Å². The van der Waals surface area contributed by atoms with Crippen LogP contribution in [0.2, 0.25) is 0 Å². The number of nitrogens with two attached hydrogens (primary N) is 1. The molecule has 0 aromatic carbocycles. The Morgan fingerprint density at radius 3 is 2.55 bits per heavy atom. The Balaban J connectivity index is 3.01. The summed E-state index contributed by atoms with van der Waals surface area (Å²) in [5, 5.41) is 3.06. The summed E-state index contributed by atoms with van der Waals surface area (Å²) in [6.45, 7) is 7.21. The van der Waals surface area contributed by atoms with E-state index in [4.69, 9.17) is 5.73 Å². The van der Waals surface area contributed by atoms with Crippen molar-refractivity contribution in [1.29, 1.82) is 0 Å². The number of aromatic nitrogens is 2. The zero-order chi connectivity index (χ0) is 15.3. The summed E-state index contributed by atoms with van der Waals surface area (Å²) in [5.74, 6) is 1.89. The molecular weight excluding hydrogens is 276 g/mol. The van der Waals surface area contributed by atoms with Gasteiger partial charge in [-0.15, -0.1) is 0 Å². The molecule has 0 aliphatic carbocycles. The van der Waals surface area contributed by atoms with Crippen molar-refractivity contribution in [2.75, 3.05) is 29.6 Å². The van der Waals surface area contributed by atoms with Gasteiger partial charge in [0.2, 0.25) is 0 Å². The fourth-order valence-electron chi connectivity index (χ4n) is 1.92. The van der Waals surface area contributed by atoms with E-state index in [0.29, 0.717) is 24.7 Å². The van der Waals surface area contributed by atoms with Crippen molar-refractivity contribution >= 4 is 23.3 Å². The van der Waals surface area contributed by atoms with Crippen molar-refractivity contribution in [3.63, 3.8) is 0 Å². The molecule has 0 aliphatic rings. The van der Waals surface area contributed by atoms with Gasteiger partial charge in [0, 0.05) is 13.1 Å². The minimum atomic E-state index is -0.455. The van der Waals surface area contributed by atoms with Crippen LogP contribution in [0.25, 0.3) is 0 Å². The lowest BCUT2D eigenvalue weighted by atomic mass is 10.2. The second-order valence-electron chi connectivity index (χ2n) is 5.47. The number of thioether (sulfide) groups is 1. The average molecular weight is 300 g/mol. The first-order chi connectivity index (χ1) is 9.36. The lowest BCUT2D eigenvalue weighted by molar-refractivity contribution is 0.508. The number of H-pyrrole nitrogens is 1. The summed E-state index contributed by atoms with van der Waals surface area (Å²) in [5.41, 5.74) is 5.35. The van der Waals surface area contributed by atoms with E-state index in [1.54, 1.807) is 11.8 Å². The average Bonchev–Trinajstić information content (AvgIpc) is 2.34. The van der Waals surface area contributed by atoms with Crippen LogP contribution in [0.4, 0.5) is 11.5 Å². The van der Waals surface area contributed by atoms with Crippen LogP contribution in [-0.4, -0.2) is 28.1 Å². The SMILES string of the molecule is CSCC(C)CNc1c(N)n(CC(C)C)c(=O)[nH]c1=O. The molecule has 0 aliphatic heterocycles. The van der Waals surface area contributed by atoms with Gasteiger partial charge in [-0.3, -0.25) is 14.3 Å². The molecule has 0 spiro atoms. The molecule has 1 atom stereocenters. The van der Waals surface area contributed by atoms with Gasteiger partial charge < -0.3 is 11.1 Å². The van der Waals surface area contributed by atoms with Crippen LogP contribution in [0.15, 0.2) is 9.59 Å². The zero-order valence-electron chi connectivity index (χ0n) is 12.5. The van der Waals surface area contributed by atoms with Gasteiger partial charge in [-0.05, 0) is 23.8 Å². The second-order valence-corrected chi connectivity index (χ2v) is 6.38. The smallest absolute Gasteiger partial charge is 0.330 e. The van der Waals surface area contributed by atoms with Crippen molar-refractivity contribution in [3.05, 3.63) is 20.8 Å². The lowest BCUT2D eigenvalue weighted by Crippen LogP contribution is -2.35. The molecule has 1 aromatic heterocycles. The van der Waals surface area contributed by atoms with E-state index in [-0.39, 0.29) is 11.7 Å². The highest BCUT2D eigenvalue weighted by Gasteiger charge is 2.13. The van der Waals surface area contributed by atoms with Crippen molar-refractivity contribution in [1.82, 2.24) is 9.55 Å². The molecule has 0 bridgehead atoms. The minimum Gasteiger partial charge on any atom is -0.383 e. The van der Waals surface area contributed by atoms with E-state index in [0.717, 1.165) is 5.75 Å².